The van der Waals surface area contributed by atoms with E-state index < -0.39 is 0 Å². The summed E-state index contributed by atoms with van der Waals surface area (Å²) < 4.78 is 10.5. The van der Waals surface area contributed by atoms with E-state index in [1.165, 1.54) is 0 Å². The van der Waals surface area contributed by atoms with Crippen LogP contribution in [0.4, 0.5) is 0 Å². The van der Waals surface area contributed by atoms with Crippen LogP contribution in [0, 0.1) is 6.92 Å². The minimum Gasteiger partial charge on any atom is -0.375 e. The molecule has 2 heterocycles. The summed E-state index contributed by atoms with van der Waals surface area (Å²) in [4.78, 5) is 10.5. The molecule has 1 unspecified atom stereocenters. The number of aliphatic imine (C=N–C) groups is 1. The van der Waals surface area contributed by atoms with Crippen LogP contribution in [0.15, 0.2) is 9.52 Å². The Morgan fingerprint density at radius 2 is 2.44 bits per heavy atom. The first kappa shape index (κ1) is 12.8. The highest BCUT2D eigenvalue weighted by atomic mass is 16.5. The van der Waals surface area contributed by atoms with E-state index in [9.17, 15) is 0 Å². The predicted octanol–water partition coefficient (Wildman–Crippen LogP) is -0.0441. The van der Waals surface area contributed by atoms with Gasteiger partial charge in [-0.05, 0) is 13.8 Å². The number of hydrogen-bond donors (Lipinski definition) is 1. The van der Waals surface area contributed by atoms with Gasteiger partial charge < -0.3 is 19.9 Å². The standard InChI is InChI=1S/C11H19N5O2/c1-8-7-16(5-6-17-8)11(12)13-4-3-10-14-9(2)15-18-10/h8H,3-7H2,1-2H3,(H2,12,13). The lowest BCUT2D eigenvalue weighted by Crippen LogP contribution is -2.47. The highest BCUT2D eigenvalue weighted by Crippen LogP contribution is 2.04. The molecule has 100 valence electrons. The summed E-state index contributed by atoms with van der Waals surface area (Å²) in [6.07, 6.45) is 0.813. The van der Waals surface area contributed by atoms with Gasteiger partial charge in [-0.15, -0.1) is 0 Å². The third kappa shape index (κ3) is 3.43. The van der Waals surface area contributed by atoms with Crippen molar-refractivity contribution in [2.45, 2.75) is 26.4 Å². The second kappa shape index (κ2) is 5.81. The van der Waals surface area contributed by atoms with Crippen LogP contribution in [0.2, 0.25) is 0 Å². The fourth-order valence-corrected chi connectivity index (χ4v) is 1.83. The number of nitrogens with zero attached hydrogens (tertiary/aromatic N) is 4. The lowest BCUT2D eigenvalue weighted by molar-refractivity contribution is 0.00530. The Labute approximate surface area is 106 Å². The fourth-order valence-electron chi connectivity index (χ4n) is 1.83. The smallest absolute Gasteiger partial charge is 0.228 e. The van der Waals surface area contributed by atoms with Gasteiger partial charge in [-0.2, -0.15) is 4.98 Å². The molecule has 1 aromatic rings. The molecule has 0 spiro atoms. The van der Waals surface area contributed by atoms with Gasteiger partial charge in [0.25, 0.3) is 0 Å². The molecule has 0 aliphatic carbocycles. The molecule has 1 fully saturated rings. The summed E-state index contributed by atoms with van der Waals surface area (Å²) >= 11 is 0. The Kier molecular flexibility index (Phi) is 4.14. The van der Waals surface area contributed by atoms with Crippen molar-refractivity contribution >= 4 is 5.96 Å². The number of nitrogens with two attached hydrogens (primary N) is 1. The van der Waals surface area contributed by atoms with Crippen molar-refractivity contribution < 1.29 is 9.26 Å². The molecule has 18 heavy (non-hydrogen) atoms. The first-order chi connectivity index (χ1) is 8.65. The van der Waals surface area contributed by atoms with Gasteiger partial charge in [0.05, 0.1) is 19.3 Å². The van der Waals surface area contributed by atoms with E-state index in [1.54, 1.807) is 6.92 Å². The fraction of sp³-hybridized carbons (Fsp3) is 0.727. The molecule has 0 saturated carbocycles. The second-order valence-electron chi connectivity index (χ2n) is 4.35. The first-order valence-electron chi connectivity index (χ1n) is 6.11. The minimum absolute atomic E-state index is 0.200. The minimum atomic E-state index is 0.200. The van der Waals surface area contributed by atoms with Crippen molar-refractivity contribution in [3.63, 3.8) is 0 Å². The Bertz CT molecular complexity index is 417. The molecule has 0 radical (unpaired) electrons. The maximum absolute atomic E-state index is 5.93. The van der Waals surface area contributed by atoms with Crippen molar-refractivity contribution in [3.05, 3.63) is 11.7 Å². The third-order valence-electron chi connectivity index (χ3n) is 2.73. The van der Waals surface area contributed by atoms with Gasteiger partial charge in [-0.25, -0.2) is 0 Å². The largest absolute Gasteiger partial charge is 0.375 e. The van der Waals surface area contributed by atoms with Crippen molar-refractivity contribution in [1.29, 1.82) is 0 Å². The molecule has 1 aliphatic rings. The zero-order valence-corrected chi connectivity index (χ0v) is 10.8. The molecule has 0 aromatic carbocycles. The van der Waals surface area contributed by atoms with Crippen molar-refractivity contribution in [1.82, 2.24) is 15.0 Å². The number of ether oxygens (including phenoxy) is 1. The average Bonchev–Trinajstić information content (AvgIpc) is 2.75. The zero-order valence-electron chi connectivity index (χ0n) is 10.8. The summed E-state index contributed by atoms with van der Waals surface area (Å²) in [6, 6.07) is 0. The molecule has 7 heteroatoms. The summed E-state index contributed by atoms with van der Waals surface area (Å²) in [7, 11) is 0. The van der Waals surface area contributed by atoms with Crippen molar-refractivity contribution in [2.24, 2.45) is 10.7 Å². The van der Waals surface area contributed by atoms with E-state index in [2.05, 4.69) is 15.1 Å². The van der Waals surface area contributed by atoms with E-state index in [4.69, 9.17) is 15.0 Å². The molecule has 0 bridgehead atoms. The van der Waals surface area contributed by atoms with Crippen LogP contribution in [-0.2, 0) is 11.2 Å². The quantitative estimate of drug-likeness (QED) is 0.600. The molecule has 1 aromatic heterocycles. The first-order valence-corrected chi connectivity index (χ1v) is 6.11. The predicted molar refractivity (Wildman–Crippen MR) is 66.2 cm³/mol. The summed E-state index contributed by atoms with van der Waals surface area (Å²) in [6.45, 7) is 6.65. The highest BCUT2D eigenvalue weighted by Gasteiger charge is 2.17. The van der Waals surface area contributed by atoms with Crippen molar-refractivity contribution in [3.8, 4) is 0 Å². The lowest BCUT2D eigenvalue weighted by Gasteiger charge is -2.31. The van der Waals surface area contributed by atoms with Crippen molar-refractivity contribution in [2.75, 3.05) is 26.2 Å². The lowest BCUT2D eigenvalue weighted by atomic mass is 10.3. The van der Waals surface area contributed by atoms with Crippen LogP contribution in [0.5, 0.6) is 0 Å². The maximum Gasteiger partial charge on any atom is 0.228 e. The van der Waals surface area contributed by atoms with Gasteiger partial charge in [0.15, 0.2) is 11.8 Å². The van der Waals surface area contributed by atoms with Crippen LogP contribution in [-0.4, -0.2) is 53.3 Å². The van der Waals surface area contributed by atoms with E-state index in [1.807, 2.05) is 11.8 Å². The number of aryl methyl sites for hydroxylation is 1. The highest BCUT2D eigenvalue weighted by molar-refractivity contribution is 5.78. The average molecular weight is 253 g/mol. The molecule has 2 N–H and O–H groups in total. The normalized spacial score (nSPS) is 21.3. The number of morpholine rings is 1. The molecule has 0 amide bonds. The monoisotopic (exact) mass is 253 g/mol. The van der Waals surface area contributed by atoms with Gasteiger partial charge in [0.1, 0.15) is 0 Å². The zero-order chi connectivity index (χ0) is 13.0. The molecule has 1 aliphatic heterocycles. The molecule has 2 rings (SSSR count). The molecule has 1 saturated heterocycles. The van der Waals surface area contributed by atoms with E-state index >= 15 is 0 Å². The molecular formula is C11H19N5O2. The van der Waals surface area contributed by atoms with Gasteiger partial charge in [-0.1, -0.05) is 5.16 Å². The molecule has 1 atom stereocenters. The summed E-state index contributed by atoms with van der Waals surface area (Å²) in [5.41, 5.74) is 5.93. The van der Waals surface area contributed by atoms with Gasteiger partial charge in [0, 0.05) is 19.5 Å². The topological polar surface area (TPSA) is 89.8 Å². The van der Waals surface area contributed by atoms with E-state index in [0.29, 0.717) is 37.2 Å². The SMILES string of the molecule is Cc1noc(CCN=C(N)N2CCOC(C)C2)n1. The number of hydrogen-bond acceptors (Lipinski definition) is 5. The number of rotatable bonds is 3. The Balaban J connectivity index is 1.81. The Morgan fingerprint density at radius 3 is 3.11 bits per heavy atom. The van der Waals surface area contributed by atoms with Gasteiger partial charge in [-0.3, -0.25) is 4.99 Å². The van der Waals surface area contributed by atoms with Gasteiger partial charge in [0.2, 0.25) is 5.89 Å². The summed E-state index contributed by atoms with van der Waals surface area (Å²) in [5.74, 6) is 1.80. The van der Waals surface area contributed by atoms with E-state index in [-0.39, 0.29) is 6.10 Å². The second-order valence-corrected chi connectivity index (χ2v) is 4.35. The number of guanidine groups is 1. The van der Waals surface area contributed by atoms with Crippen LogP contribution >= 0.6 is 0 Å². The Morgan fingerprint density at radius 1 is 1.61 bits per heavy atom. The van der Waals surface area contributed by atoms with Gasteiger partial charge >= 0.3 is 0 Å². The Hall–Kier alpha value is -1.63. The van der Waals surface area contributed by atoms with Crippen LogP contribution < -0.4 is 5.73 Å². The number of aromatic nitrogens is 2. The molecular weight excluding hydrogens is 234 g/mol. The maximum atomic E-state index is 5.93. The third-order valence-corrected chi connectivity index (χ3v) is 2.73. The van der Waals surface area contributed by atoms with Crippen LogP contribution in [0.3, 0.4) is 0 Å². The molecule has 7 nitrogen and oxygen atoms in total. The van der Waals surface area contributed by atoms with E-state index in [0.717, 1.165) is 13.1 Å². The summed E-state index contributed by atoms with van der Waals surface area (Å²) in [5, 5.41) is 3.72. The van der Waals surface area contributed by atoms with Crippen LogP contribution in [0.25, 0.3) is 0 Å². The van der Waals surface area contributed by atoms with Crippen LogP contribution in [0.1, 0.15) is 18.6 Å².